The first kappa shape index (κ1) is 13.6. The molecule has 1 rings (SSSR count). The van der Waals surface area contributed by atoms with Crippen molar-refractivity contribution < 1.29 is 14.3 Å². The van der Waals surface area contributed by atoms with Crippen molar-refractivity contribution in [3.8, 4) is 0 Å². The van der Waals surface area contributed by atoms with Crippen molar-refractivity contribution in [3.05, 3.63) is 0 Å². The van der Waals surface area contributed by atoms with Crippen LogP contribution in [0.1, 0.15) is 20.8 Å². The molecular weight excluding hydrogens is 224 g/mol. The minimum atomic E-state index is -0.497. The average molecular weight is 244 g/mol. The molecule has 3 N–H and O–H groups in total. The Morgan fingerprint density at radius 1 is 1.12 bits per heavy atom. The number of nitrogens with two attached hydrogens (primary N) is 1. The van der Waals surface area contributed by atoms with Crippen molar-refractivity contribution in [2.45, 2.75) is 26.4 Å². The van der Waals surface area contributed by atoms with Crippen LogP contribution >= 0.6 is 0 Å². The summed E-state index contributed by atoms with van der Waals surface area (Å²) in [5.74, 6) is 5.03. The molecule has 1 saturated heterocycles. The van der Waals surface area contributed by atoms with Crippen LogP contribution in [0.25, 0.3) is 0 Å². The number of nitrogens with one attached hydrogen (secondary N) is 1. The highest BCUT2D eigenvalue weighted by molar-refractivity contribution is 5.74. The maximum atomic E-state index is 11.7. The topological polar surface area (TPSA) is 87.9 Å². The van der Waals surface area contributed by atoms with E-state index in [0.717, 1.165) is 0 Å². The number of nitrogens with zero attached hydrogens (tertiary/aromatic N) is 2. The Morgan fingerprint density at radius 2 is 1.59 bits per heavy atom. The molecule has 0 bridgehead atoms. The summed E-state index contributed by atoms with van der Waals surface area (Å²) in [4.78, 5) is 26.1. The first-order valence-corrected chi connectivity index (χ1v) is 5.57. The van der Waals surface area contributed by atoms with Crippen LogP contribution in [0, 0.1) is 0 Å². The molecule has 0 atom stereocenters. The quantitative estimate of drug-likeness (QED) is 0.360. The number of ether oxygens (including phenoxy) is 1. The van der Waals surface area contributed by atoms with Crippen LogP contribution in [0.2, 0.25) is 0 Å². The Morgan fingerprint density at radius 3 is 2.00 bits per heavy atom. The van der Waals surface area contributed by atoms with E-state index in [1.54, 1.807) is 9.80 Å². The standard InChI is InChI=1S/C10H20N4O3/c1-10(2,3)17-9(16)14-6-4-13(5-7-14)8(15)12-11/h4-7,11H2,1-3H3,(H,12,15). The first-order chi connectivity index (χ1) is 7.83. The van der Waals surface area contributed by atoms with E-state index in [4.69, 9.17) is 10.6 Å². The summed E-state index contributed by atoms with van der Waals surface area (Å²) in [6, 6.07) is -0.325. The molecule has 1 aliphatic heterocycles. The third-order valence-corrected chi connectivity index (χ3v) is 2.34. The maximum absolute atomic E-state index is 11.7. The second kappa shape index (κ2) is 5.22. The molecule has 0 spiro atoms. The highest BCUT2D eigenvalue weighted by atomic mass is 16.6. The molecule has 0 radical (unpaired) electrons. The summed E-state index contributed by atoms with van der Waals surface area (Å²) in [7, 11) is 0. The molecule has 0 saturated carbocycles. The van der Waals surface area contributed by atoms with E-state index >= 15 is 0 Å². The Hall–Kier alpha value is -1.50. The van der Waals surface area contributed by atoms with E-state index < -0.39 is 5.60 Å². The third kappa shape index (κ3) is 4.10. The number of hydrazine groups is 1. The van der Waals surface area contributed by atoms with Crippen LogP contribution in [0.3, 0.4) is 0 Å². The second-order valence-electron chi connectivity index (χ2n) is 4.90. The molecule has 1 heterocycles. The lowest BCUT2D eigenvalue weighted by atomic mass is 10.2. The molecular formula is C10H20N4O3. The van der Waals surface area contributed by atoms with Crippen molar-refractivity contribution >= 4 is 12.1 Å². The number of carbonyl (C=O) groups excluding carboxylic acids is 2. The third-order valence-electron chi connectivity index (χ3n) is 2.34. The van der Waals surface area contributed by atoms with Gasteiger partial charge < -0.3 is 14.5 Å². The van der Waals surface area contributed by atoms with Gasteiger partial charge in [-0.05, 0) is 20.8 Å². The van der Waals surface area contributed by atoms with Gasteiger partial charge in [-0.2, -0.15) is 0 Å². The molecule has 1 aliphatic rings. The van der Waals surface area contributed by atoms with Crippen molar-refractivity contribution in [2.24, 2.45) is 5.84 Å². The average Bonchev–Trinajstić information content (AvgIpc) is 2.26. The number of piperazine rings is 1. The zero-order valence-electron chi connectivity index (χ0n) is 10.5. The van der Waals surface area contributed by atoms with Gasteiger partial charge >= 0.3 is 12.1 Å². The monoisotopic (exact) mass is 244 g/mol. The van der Waals surface area contributed by atoms with Crippen molar-refractivity contribution in [2.75, 3.05) is 26.2 Å². The van der Waals surface area contributed by atoms with Crippen molar-refractivity contribution in [1.82, 2.24) is 15.2 Å². The zero-order chi connectivity index (χ0) is 13.1. The van der Waals surface area contributed by atoms with Gasteiger partial charge in [-0.1, -0.05) is 0 Å². The number of hydrogen-bond acceptors (Lipinski definition) is 4. The molecule has 98 valence electrons. The maximum Gasteiger partial charge on any atom is 0.410 e. The fourth-order valence-corrected chi connectivity index (χ4v) is 1.51. The minimum absolute atomic E-state index is 0.325. The van der Waals surface area contributed by atoms with Gasteiger partial charge in [0.05, 0.1) is 0 Å². The largest absolute Gasteiger partial charge is 0.444 e. The van der Waals surface area contributed by atoms with Gasteiger partial charge in [0.15, 0.2) is 0 Å². The van der Waals surface area contributed by atoms with Gasteiger partial charge in [0.1, 0.15) is 5.60 Å². The molecule has 0 aromatic carbocycles. The molecule has 0 aromatic heterocycles. The molecule has 7 nitrogen and oxygen atoms in total. The van der Waals surface area contributed by atoms with Crippen LogP contribution in [-0.2, 0) is 4.74 Å². The Labute approximate surface area is 101 Å². The summed E-state index contributed by atoms with van der Waals surface area (Å²) < 4.78 is 5.24. The molecule has 0 unspecified atom stereocenters. The first-order valence-electron chi connectivity index (χ1n) is 5.57. The van der Waals surface area contributed by atoms with Crippen LogP contribution < -0.4 is 11.3 Å². The van der Waals surface area contributed by atoms with Gasteiger partial charge in [-0.25, -0.2) is 15.4 Å². The van der Waals surface area contributed by atoms with Crippen molar-refractivity contribution in [1.29, 1.82) is 0 Å². The molecule has 0 aromatic rings. The van der Waals surface area contributed by atoms with Gasteiger partial charge in [0, 0.05) is 26.2 Å². The highest BCUT2D eigenvalue weighted by Gasteiger charge is 2.27. The minimum Gasteiger partial charge on any atom is -0.444 e. The van der Waals surface area contributed by atoms with E-state index in [0.29, 0.717) is 26.2 Å². The summed E-state index contributed by atoms with van der Waals surface area (Å²) in [6.07, 6.45) is -0.342. The van der Waals surface area contributed by atoms with Gasteiger partial charge in [0.25, 0.3) is 0 Å². The van der Waals surface area contributed by atoms with E-state index in [9.17, 15) is 9.59 Å². The Bertz CT molecular complexity index is 292. The van der Waals surface area contributed by atoms with Gasteiger partial charge in [0.2, 0.25) is 0 Å². The van der Waals surface area contributed by atoms with E-state index in [1.807, 2.05) is 20.8 Å². The number of carbonyl (C=O) groups is 2. The fraction of sp³-hybridized carbons (Fsp3) is 0.800. The molecule has 7 heteroatoms. The zero-order valence-corrected chi connectivity index (χ0v) is 10.5. The van der Waals surface area contributed by atoms with Crippen LogP contribution in [0.15, 0.2) is 0 Å². The number of hydrogen-bond donors (Lipinski definition) is 2. The fourth-order valence-electron chi connectivity index (χ4n) is 1.51. The second-order valence-corrected chi connectivity index (χ2v) is 4.90. The SMILES string of the molecule is CC(C)(C)OC(=O)N1CCN(C(=O)NN)CC1. The predicted octanol–water partition coefficient (Wildman–Crippen LogP) is 0.122. The number of amides is 3. The lowest BCUT2D eigenvalue weighted by Crippen LogP contribution is -2.54. The van der Waals surface area contributed by atoms with E-state index in [-0.39, 0.29) is 12.1 Å². The predicted molar refractivity (Wildman–Crippen MR) is 62.1 cm³/mol. The lowest BCUT2D eigenvalue weighted by molar-refractivity contribution is 0.0170. The summed E-state index contributed by atoms with van der Waals surface area (Å²) >= 11 is 0. The Balaban J connectivity index is 2.42. The molecule has 0 aliphatic carbocycles. The molecule has 3 amide bonds. The number of urea groups is 1. The molecule has 17 heavy (non-hydrogen) atoms. The van der Waals surface area contributed by atoms with Crippen LogP contribution in [0.5, 0.6) is 0 Å². The smallest absolute Gasteiger partial charge is 0.410 e. The van der Waals surface area contributed by atoms with E-state index in [1.165, 1.54) is 0 Å². The van der Waals surface area contributed by atoms with Crippen molar-refractivity contribution in [3.63, 3.8) is 0 Å². The van der Waals surface area contributed by atoms with Gasteiger partial charge in [-0.3, -0.25) is 5.43 Å². The normalized spacial score (nSPS) is 16.7. The highest BCUT2D eigenvalue weighted by Crippen LogP contribution is 2.11. The summed E-state index contributed by atoms with van der Waals surface area (Å²) in [5, 5.41) is 0. The van der Waals surface area contributed by atoms with Gasteiger partial charge in [-0.15, -0.1) is 0 Å². The summed E-state index contributed by atoms with van der Waals surface area (Å²) in [6.45, 7) is 7.31. The van der Waals surface area contributed by atoms with Crippen LogP contribution in [0.4, 0.5) is 9.59 Å². The number of rotatable bonds is 0. The Kier molecular flexibility index (Phi) is 4.17. The van der Waals surface area contributed by atoms with Crippen LogP contribution in [-0.4, -0.2) is 53.7 Å². The van der Waals surface area contributed by atoms with E-state index in [2.05, 4.69) is 5.43 Å². The molecule has 1 fully saturated rings. The lowest BCUT2D eigenvalue weighted by Gasteiger charge is -2.35. The summed E-state index contributed by atoms with van der Waals surface area (Å²) in [5.41, 5.74) is 1.57.